The highest BCUT2D eigenvalue weighted by molar-refractivity contribution is 6.08. The molecule has 2 heterocycles. The lowest BCUT2D eigenvalue weighted by Crippen LogP contribution is -2.29. The molecule has 0 spiro atoms. The number of hydrogen-bond acceptors (Lipinski definition) is 8. The molecule has 0 aliphatic rings. The molecule has 0 aliphatic carbocycles. The van der Waals surface area contributed by atoms with Gasteiger partial charge in [0.1, 0.15) is 23.7 Å². The quantitative estimate of drug-likeness (QED) is 0.149. The highest BCUT2D eigenvalue weighted by atomic mass is 19.1. The number of aliphatic hydroxyl groups is 1. The van der Waals surface area contributed by atoms with Gasteiger partial charge in [-0.2, -0.15) is 0 Å². The topological polar surface area (TPSA) is 131 Å². The molecule has 1 aromatic carbocycles. The summed E-state index contributed by atoms with van der Waals surface area (Å²) in [6, 6.07) is 4.64. The number of hydrogen-bond donors (Lipinski definition) is 3. The number of fused-ring (bicyclic) bond motifs is 1. The molecule has 0 fully saturated rings. The Morgan fingerprint density at radius 3 is 2.61 bits per heavy atom. The number of aromatic nitrogens is 2. The zero-order valence-corrected chi connectivity index (χ0v) is 19.7. The van der Waals surface area contributed by atoms with E-state index in [0.29, 0.717) is 18.9 Å². The number of halogens is 2. The number of aryl methyl sites for hydroxylation is 2. The van der Waals surface area contributed by atoms with Crippen LogP contribution in [0.15, 0.2) is 35.3 Å². The Hall–Kier alpha value is -3.86. The van der Waals surface area contributed by atoms with Gasteiger partial charge in [-0.05, 0) is 48.9 Å². The molecule has 3 N–H and O–H groups in total. The van der Waals surface area contributed by atoms with Crippen molar-refractivity contribution in [3.05, 3.63) is 69.1 Å². The van der Waals surface area contributed by atoms with Crippen molar-refractivity contribution in [1.29, 1.82) is 0 Å². The van der Waals surface area contributed by atoms with Crippen LogP contribution in [0.1, 0.15) is 47.2 Å². The number of rotatable bonds is 12. The summed E-state index contributed by atoms with van der Waals surface area (Å²) in [6.45, 7) is -0.282. The van der Waals surface area contributed by atoms with Crippen LogP contribution in [0.2, 0.25) is 0 Å². The lowest BCUT2D eigenvalue weighted by molar-refractivity contribution is -0.138. The number of methoxy groups -OCH3 is 1. The third-order valence-electron chi connectivity index (χ3n) is 5.73. The van der Waals surface area contributed by atoms with Crippen LogP contribution in [0.3, 0.4) is 0 Å². The van der Waals surface area contributed by atoms with Crippen LogP contribution in [0.4, 0.5) is 14.5 Å². The summed E-state index contributed by atoms with van der Waals surface area (Å²) in [5.41, 5.74) is -0.747. The van der Waals surface area contributed by atoms with Crippen molar-refractivity contribution in [1.82, 2.24) is 9.71 Å². The number of esters is 1. The number of aliphatic hydroxyl groups excluding tert-OH is 1. The van der Waals surface area contributed by atoms with Crippen molar-refractivity contribution in [2.45, 2.75) is 38.5 Å². The Kier molecular flexibility index (Phi) is 9.07. The molecule has 0 aliphatic heterocycles. The third kappa shape index (κ3) is 6.22. The molecule has 0 saturated carbocycles. The van der Waals surface area contributed by atoms with Gasteiger partial charge < -0.3 is 20.4 Å². The van der Waals surface area contributed by atoms with Crippen LogP contribution in [-0.4, -0.2) is 52.0 Å². The van der Waals surface area contributed by atoms with Crippen molar-refractivity contribution >= 4 is 28.5 Å². The van der Waals surface area contributed by atoms with E-state index in [-0.39, 0.29) is 53.0 Å². The first-order valence-electron chi connectivity index (χ1n) is 11.4. The minimum atomic E-state index is -1.05. The zero-order valence-electron chi connectivity index (χ0n) is 19.7. The summed E-state index contributed by atoms with van der Waals surface area (Å²) in [5, 5.41) is 22.4. The Balaban J connectivity index is 2.03. The van der Waals surface area contributed by atoms with Gasteiger partial charge in [-0.3, -0.25) is 14.4 Å². The van der Waals surface area contributed by atoms with Gasteiger partial charge in [0.2, 0.25) is 0 Å². The summed E-state index contributed by atoms with van der Waals surface area (Å²) in [5.74, 6) is -2.94. The number of pyridine rings is 2. The number of nitrogens with one attached hydrogen (secondary N) is 1. The summed E-state index contributed by atoms with van der Waals surface area (Å²) >= 11 is 0. The van der Waals surface area contributed by atoms with Gasteiger partial charge in [0.25, 0.3) is 5.56 Å². The maximum atomic E-state index is 14.0. The smallest absolute Gasteiger partial charge is 0.325 e. The van der Waals surface area contributed by atoms with Crippen LogP contribution < -0.4 is 10.9 Å². The molecule has 3 rings (SSSR count). The van der Waals surface area contributed by atoms with Gasteiger partial charge in [0.15, 0.2) is 11.4 Å². The first kappa shape index (κ1) is 26.7. The standard InChI is InChI=1S/C25H27F2N3O6/c1-36-21(33)14-28-23-18-11-15(5-3-2-4-10-31)13-29-24(18)30(35)25(34)22(23)20(32)9-7-16-6-8-17(26)12-19(16)27/h6,8,11-13,28,31,35H,2-5,7,9-10,14H2,1H3. The lowest BCUT2D eigenvalue weighted by Gasteiger charge is -2.16. The maximum absolute atomic E-state index is 14.0. The molecule has 0 bridgehead atoms. The third-order valence-corrected chi connectivity index (χ3v) is 5.73. The van der Waals surface area contributed by atoms with E-state index in [0.717, 1.165) is 24.5 Å². The molecule has 192 valence electrons. The second-order valence-electron chi connectivity index (χ2n) is 8.20. The fourth-order valence-corrected chi connectivity index (χ4v) is 3.82. The Labute approximate surface area is 205 Å². The zero-order chi connectivity index (χ0) is 26.2. The van der Waals surface area contributed by atoms with Gasteiger partial charge in [0, 0.05) is 30.7 Å². The molecule has 36 heavy (non-hydrogen) atoms. The van der Waals surface area contributed by atoms with Crippen molar-refractivity contribution in [2.75, 3.05) is 25.6 Å². The van der Waals surface area contributed by atoms with E-state index < -0.39 is 34.5 Å². The monoisotopic (exact) mass is 503 g/mol. The lowest BCUT2D eigenvalue weighted by atomic mass is 9.99. The van der Waals surface area contributed by atoms with Crippen LogP contribution in [0.25, 0.3) is 11.0 Å². The van der Waals surface area contributed by atoms with E-state index in [1.165, 1.54) is 19.4 Å². The van der Waals surface area contributed by atoms with Gasteiger partial charge in [-0.1, -0.05) is 12.5 Å². The van der Waals surface area contributed by atoms with E-state index in [1.54, 1.807) is 6.07 Å². The minimum absolute atomic E-state index is 0.0000127. The first-order chi connectivity index (χ1) is 17.3. The predicted octanol–water partition coefficient (Wildman–Crippen LogP) is 3.02. The van der Waals surface area contributed by atoms with E-state index in [1.807, 2.05) is 0 Å². The molecule has 11 heteroatoms. The average Bonchev–Trinajstić information content (AvgIpc) is 2.86. The second kappa shape index (κ2) is 12.2. The fraction of sp³-hybridized carbons (Fsp3) is 0.360. The van der Waals surface area contributed by atoms with Crippen molar-refractivity contribution in [3.8, 4) is 0 Å². The summed E-state index contributed by atoms with van der Waals surface area (Å²) < 4.78 is 32.1. The second-order valence-corrected chi connectivity index (χ2v) is 8.20. The molecule has 0 atom stereocenters. The summed E-state index contributed by atoms with van der Waals surface area (Å²) in [6.07, 6.45) is 3.85. The predicted molar refractivity (Wildman–Crippen MR) is 127 cm³/mol. The molecule has 3 aromatic rings. The van der Waals surface area contributed by atoms with Crippen molar-refractivity contribution < 1.29 is 33.4 Å². The molecule has 2 aromatic heterocycles. The molecule has 0 radical (unpaired) electrons. The number of unbranched alkanes of at least 4 members (excludes halogenated alkanes) is 2. The molecule has 0 unspecified atom stereocenters. The fourth-order valence-electron chi connectivity index (χ4n) is 3.82. The van der Waals surface area contributed by atoms with Crippen LogP contribution in [-0.2, 0) is 22.4 Å². The van der Waals surface area contributed by atoms with Gasteiger partial charge >= 0.3 is 5.97 Å². The molecule has 0 amide bonds. The number of benzene rings is 1. The number of carbonyl (C=O) groups excluding carboxylic acids is 2. The molecule has 0 saturated heterocycles. The number of anilines is 1. The maximum Gasteiger partial charge on any atom is 0.325 e. The normalized spacial score (nSPS) is 11.0. The van der Waals surface area contributed by atoms with E-state index in [9.17, 15) is 28.4 Å². The number of carbonyl (C=O) groups is 2. The van der Waals surface area contributed by atoms with Gasteiger partial charge in [-0.15, -0.1) is 4.73 Å². The average molecular weight is 504 g/mol. The van der Waals surface area contributed by atoms with E-state index >= 15 is 0 Å². The summed E-state index contributed by atoms with van der Waals surface area (Å²) in [4.78, 5) is 42.1. The van der Waals surface area contributed by atoms with Gasteiger partial charge in [0.05, 0.1) is 12.8 Å². The number of ketones is 1. The van der Waals surface area contributed by atoms with Crippen LogP contribution in [0.5, 0.6) is 0 Å². The number of nitrogens with zero attached hydrogens (tertiary/aromatic N) is 2. The Bertz CT molecular complexity index is 1330. The van der Waals surface area contributed by atoms with Crippen LogP contribution >= 0.6 is 0 Å². The Morgan fingerprint density at radius 1 is 1.14 bits per heavy atom. The highest BCUT2D eigenvalue weighted by Gasteiger charge is 2.24. The largest absolute Gasteiger partial charge is 0.468 e. The number of ether oxygens (including phenoxy) is 1. The highest BCUT2D eigenvalue weighted by Crippen LogP contribution is 2.27. The molecule has 9 nitrogen and oxygen atoms in total. The van der Waals surface area contributed by atoms with E-state index in [2.05, 4.69) is 15.0 Å². The number of Topliss-reactive ketones (excluding diaryl/α,β-unsaturated/α-hetero) is 1. The SMILES string of the molecule is COC(=O)CNc1c(C(=O)CCc2ccc(F)cc2F)c(=O)n(O)c2ncc(CCCCCO)cc12. The van der Waals surface area contributed by atoms with Crippen LogP contribution in [0, 0.1) is 11.6 Å². The minimum Gasteiger partial charge on any atom is -0.468 e. The molecular weight excluding hydrogens is 476 g/mol. The van der Waals surface area contributed by atoms with E-state index in [4.69, 9.17) is 5.11 Å². The summed E-state index contributed by atoms with van der Waals surface area (Å²) in [7, 11) is 1.18. The van der Waals surface area contributed by atoms with Gasteiger partial charge in [-0.25, -0.2) is 13.8 Å². The Morgan fingerprint density at radius 2 is 1.92 bits per heavy atom. The van der Waals surface area contributed by atoms with Crippen molar-refractivity contribution in [2.24, 2.45) is 0 Å². The van der Waals surface area contributed by atoms with Crippen molar-refractivity contribution in [3.63, 3.8) is 0 Å². The molecular formula is C25H27F2N3O6. The first-order valence-corrected chi connectivity index (χ1v) is 11.4.